The van der Waals surface area contributed by atoms with Crippen LogP contribution in [-0.2, 0) is 11.3 Å². The minimum atomic E-state index is 0.258. The van der Waals surface area contributed by atoms with Gasteiger partial charge in [0.05, 0.1) is 30.8 Å². The molecule has 4 aromatic rings. The molecule has 180 valence electrons. The fourth-order valence-electron chi connectivity index (χ4n) is 4.41. The van der Waals surface area contributed by atoms with Gasteiger partial charge in [0.25, 0.3) is 0 Å². The van der Waals surface area contributed by atoms with Gasteiger partial charge in [-0.2, -0.15) is 0 Å². The van der Waals surface area contributed by atoms with E-state index in [1.807, 2.05) is 18.6 Å². The van der Waals surface area contributed by atoms with Gasteiger partial charge in [-0.3, -0.25) is 4.40 Å². The molecule has 0 aromatic carbocycles. The summed E-state index contributed by atoms with van der Waals surface area (Å²) in [6.07, 6.45) is 9.11. The zero-order valence-electron chi connectivity index (χ0n) is 19.4. The van der Waals surface area contributed by atoms with Crippen molar-refractivity contribution in [2.75, 3.05) is 62.3 Å². The van der Waals surface area contributed by atoms with Crippen molar-refractivity contribution in [2.45, 2.75) is 6.61 Å². The number of aromatic nitrogens is 6. The second-order valence-corrected chi connectivity index (χ2v) is 8.45. The van der Waals surface area contributed by atoms with Gasteiger partial charge in [0, 0.05) is 69.6 Å². The quantitative estimate of drug-likeness (QED) is 0.442. The summed E-state index contributed by atoms with van der Waals surface area (Å²) in [4.78, 5) is 27.2. The van der Waals surface area contributed by atoms with Gasteiger partial charge >= 0.3 is 6.01 Å². The SMILES string of the molecule is c1cnc(OCc2cn3c(-c4ccc(N5CCNCC5)nc4)cnc(N4CCOCC4)c3n2)nc1. The van der Waals surface area contributed by atoms with E-state index in [-0.39, 0.29) is 6.61 Å². The highest BCUT2D eigenvalue weighted by atomic mass is 16.5. The van der Waals surface area contributed by atoms with Crippen LogP contribution in [0, 0.1) is 0 Å². The maximum absolute atomic E-state index is 5.76. The van der Waals surface area contributed by atoms with Crippen LogP contribution in [0.15, 0.2) is 49.2 Å². The van der Waals surface area contributed by atoms with Crippen LogP contribution in [0.25, 0.3) is 16.9 Å². The standard InChI is InChI=1S/C24H27N9O2/c1-4-26-24(27-5-1)35-17-19-16-33-20(15-29-22(23(33)30-19)32-10-12-34-13-11-32)18-2-3-21(28-14-18)31-8-6-25-7-9-31/h1-5,14-16,25H,6-13,17H2. The summed E-state index contributed by atoms with van der Waals surface area (Å²) in [5.41, 5.74) is 3.45. The third-order valence-electron chi connectivity index (χ3n) is 6.21. The van der Waals surface area contributed by atoms with E-state index < -0.39 is 0 Å². The van der Waals surface area contributed by atoms with Gasteiger partial charge in [-0.25, -0.2) is 24.9 Å². The number of nitrogens with zero attached hydrogens (tertiary/aromatic N) is 8. The predicted octanol–water partition coefficient (Wildman–Crippen LogP) is 1.41. The lowest BCUT2D eigenvalue weighted by Gasteiger charge is -2.28. The number of anilines is 2. The Balaban J connectivity index is 1.34. The van der Waals surface area contributed by atoms with Crippen molar-refractivity contribution >= 4 is 17.3 Å². The topological polar surface area (TPSA) is 106 Å². The Morgan fingerprint density at radius 1 is 0.914 bits per heavy atom. The van der Waals surface area contributed by atoms with Crippen LogP contribution in [0.2, 0.25) is 0 Å². The number of ether oxygens (including phenoxy) is 2. The van der Waals surface area contributed by atoms with Gasteiger partial charge in [0.15, 0.2) is 11.5 Å². The molecule has 0 radical (unpaired) electrons. The first-order valence-corrected chi connectivity index (χ1v) is 11.9. The van der Waals surface area contributed by atoms with E-state index in [2.05, 4.69) is 41.6 Å². The van der Waals surface area contributed by atoms with Crippen LogP contribution >= 0.6 is 0 Å². The monoisotopic (exact) mass is 473 g/mol. The Hall–Kier alpha value is -3.83. The lowest BCUT2D eigenvalue weighted by Crippen LogP contribution is -2.43. The minimum Gasteiger partial charge on any atom is -0.457 e. The molecule has 35 heavy (non-hydrogen) atoms. The number of piperazine rings is 1. The molecule has 0 saturated carbocycles. The maximum atomic E-state index is 5.76. The molecule has 11 heteroatoms. The third-order valence-corrected chi connectivity index (χ3v) is 6.21. The van der Waals surface area contributed by atoms with Gasteiger partial charge in [-0.15, -0.1) is 0 Å². The summed E-state index contributed by atoms with van der Waals surface area (Å²) in [6.45, 7) is 7.04. The van der Waals surface area contributed by atoms with Crippen molar-refractivity contribution < 1.29 is 9.47 Å². The van der Waals surface area contributed by atoms with E-state index in [9.17, 15) is 0 Å². The number of hydrogen-bond acceptors (Lipinski definition) is 10. The molecule has 0 atom stereocenters. The molecule has 0 spiro atoms. The van der Waals surface area contributed by atoms with E-state index in [0.717, 1.165) is 73.5 Å². The number of imidazole rings is 1. The van der Waals surface area contributed by atoms with Crippen LogP contribution in [0.1, 0.15) is 5.69 Å². The molecule has 2 fully saturated rings. The Morgan fingerprint density at radius 2 is 1.74 bits per heavy atom. The van der Waals surface area contributed by atoms with Gasteiger partial charge in [0.1, 0.15) is 12.4 Å². The van der Waals surface area contributed by atoms with Gasteiger partial charge in [-0.05, 0) is 18.2 Å². The maximum Gasteiger partial charge on any atom is 0.316 e. The largest absolute Gasteiger partial charge is 0.457 e. The average Bonchev–Trinajstić information content (AvgIpc) is 3.37. The lowest BCUT2D eigenvalue weighted by atomic mass is 10.2. The van der Waals surface area contributed by atoms with E-state index >= 15 is 0 Å². The van der Waals surface area contributed by atoms with Crippen LogP contribution < -0.4 is 19.9 Å². The number of nitrogens with one attached hydrogen (secondary N) is 1. The van der Waals surface area contributed by atoms with E-state index in [4.69, 9.17) is 24.4 Å². The minimum absolute atomic E-state index is 0.258. The predicted molar refractivity (Wildman–Crippen MR) is 131 cm³/mol. The molecule has 0 bridgehead atoms. The zero-order chi connectivity index (χ0) is 23.5. The molecule has 0 unspecified atom stereocenters. The first-order chi connectivity index (χ1) is 17.3. The summed E-state index contributed by atoms with van der Waals surface area (Å²) < 4.78 is 13.4. The van der Waals surface area contributed by atoms with Crippen LogP contribution in [0.4, 0.5) is 11.6 Å². The number of morpholine rings is 1. The molecular formula is C24H27N9O2. The highest BCUT2D eigenvalue weighted by Gasteiger charge is 2.20. The average molecular weight is 474 g/mol. The second kappa shape index (κ2) is 9.80. The normalized spacial score (nSPS) is 16.6. The molecule has 1 N–H and O–H groups in total. The molecule has 2 aliphatic heterocycles. The Kier molecular flexibility index (Phi) is 6.07. The van der Waals surface area contributed by atoms with E-state index in [1.54, 1.807) is 18.5 Å². The molecule has 6 heterocycles. The summed E-state index contributed by atoms with van der Waals surface area (Å²) in [6, 6.07) is 6.26. The first kappa shape index (κ1) is 21.7. The summed E-state index contributed by atoms with van der Waals surface area (Å²) >= 11 is 0. The zero-order valence-corrected chi connectivity index (χ0v) is 19.4. The fourth-order valence-corrected chi connectivity index (χ4v) is 4.41. The Morgan fingerprint density at radius 3 is 2.51 bits per heavy atom. The molecule has 6 rings (SSSR count). The van der Waals surface area contributed by atoms with Gasteiger partial charge in [-0.1, -0.05) is 0 Å². The molecule has 2 saturated heterocycles. The third kappa shape index (κ3) is 4.60. The summed E-state index contributed by atoms with van der Waals surface area (Å²) in [5, 5.41) is 3.38. The smallest absolute Gasteiger partial charge is 0.316 e. The lowest BCUT2D eigenvalue weighted by molar-refractivity contribution is 0.122. The van der Waals surface area contributed by atoms with Crippen LogP contribution in [-0.4, -0.2) is 81.8 Å². The van der Waals surface area contributed by atoms with Crippen molar-refractivity contribution in [1.82, 2.24) is 34.6 Å². The number of fused-ring (bicyclic) bond motifs is 1. The van der Waals surface area contributed by atoms with Gasteiger partial charge in [0.2, 0.25) is 0 Å². The molecule has 11 nitrogen and oxygen atoms in total. The molecule has 0 aliphatic carbocycles. The Labute approximate surface area is 202 Å². The fraction of sp³-hybridized carbons (Fsp3) is 0.375. The summed E-state index contributed by atoms with van der Waals surface area (Å²) in [5.74, 6) is 1.83. The van der Waals surface area contributed by atoms with E-state index in [0.29, 0.717) is 19.2 Å². The van der Waals surface area contributed by atoms with Crippen molar-refractivity contribution in [1.29, 1.82) is 0 Å². The molecule has 0 amide bonds. The van der Waals surface area contributed by atoms with Crippen molar-refractivity contribution in [3.8, 4) is 17.3 Å². The molecule has 2 aliphatic rings. The van der Waals surface area contributed by atoms with Crippen molar-refractivity contribution in [2.24, 2.45) is 0 Å². The van der Waals surface area contributed by atoms with Crippen molar-refractivity contribution in [3.05, 3.63) is 54.9 Å². The van der Waals surface area contributed by atoms with Gasteiger partial charge < -0.3 is 24.6 Å². The first-order valence-electron chi connectivity index (χ1n) is 11.9. The van der Waals surface area contributed by atoms with E-state index in [1.165, 1.54) is 0 Å². The highest BCUT2D eigenvalue weighted by Crippen LogP contribution is 2.27. The van der Waals surface area contributed by atoms with Crippen LogP contribution in [0.3, 0.4) is 0 Å². The van der Waals surface area contributed by atoms with Crippen molar-refractivity contribution in [3.63, 3.8) is 0 Å². The Bertz CT molecular complexity index is 1270. The summed E-state index contributed by atoms with van der Waals surface area (Å²) in [7, 11) is 0. The highest BCUT2D eigenvalue weighted by molar-refractivity contribution is 5.72. The number of hydrogen-bond donors (Lipinski definition) is 1. The number of rotatable bonds is 6. The molecule has 4 aromatic heterocycles. The van der Waals surface area contributed by atoms with Crippen LogP contribution in [0.5, 0.6) is 6.01 Å². The molecular weight excluding hydrogens is 446 g/mol. The second-order valence-electron chi connectivity index (χ2n) is 8.45. The number of pyridine rings is 1.